The molecule has 0 atom stereocenters. The summed E-state index contributed by atoms with van der Waals surface area (Å²) in [6.07, 6.45) is 0. The maximum Gasteiger partial charge on any atom is 0.322 e. The molecule has 2 N–H and O–H groups in total. The van der Waals surface area contributed by atoms with Crippen LogP contribution in [0.1, 0.15) is 5.56 Å². The molecule has 0 fully saturated rings. The molecule has 4 amide bonds. The molecule has 0 radical (unpaired) electrons. The van der Waals surface area contributed by atoms with Crippen LogP contribution in [0.3, 0.4) is 0 Å². The van der Waals surface area contributed by atoms with Crippen molar-refractivity contribution in [3.8, 4) is 0 Å². The number of nitrogens with one attached hydrogen (secondary N) is 2. The highest BCUT2D eigenvalue weighted by molar-refractivity contribution is 5.93. The first kappa shape index (κ1) is 26.6. The van der Waals surface area contributed by atoms with E-state index in [0.717, 1.165) is 5.56 Å². The number of anilines is 2. The van der Waals surface area contributed by atoms with E-state index in [2.05, 4.69) is 10.6 Å². The fourth-order valence-electron chi connectivity index (χ4n) is 2.67. The minimum atomic E-state index is -0.267. The third-order valence-electron chi connectivity index (χ3n) is 4.57. The Bertz CT molecular complexity index is 657. The molecule has 10 nitrogen and oxygen atoms in total. The quantitative estimate of drug-likeness (QED) is 0.460. The Balaban J connectivity index is 2.86. The predicted molar refractivity (Wildman–Crippen MR) is 120 cm³/mol. The summed E-state index contributed by atoms with van der Waals surface area (Å²) in [6, 6.07) is 4.84. The number of rotatable bonds is 14. The summed E-state index contributed by atoms with van der Waals surface area (Å²) in [5.74, 6) is 0. The molecule has 0 saturated carbocycles. The van der Waals surface area contributed by atoms with Crippen molar-refractivity contribution in [1.29, 1.82) is 0 Å². The van der Waals surface area contributed by atoms with Crippen LogP contribution in [0.25, 0.3) is 0 Å². The van der Waals surface area contributed by atoms with Gasteiger partial charge in [0.15, 0.2) is 0 Å². The Morgan fingerprint density at radius 3 is 1.58 bits per heavy atom. The number of carbonyl (C=O) groups excluding carboxylic acids is 2. The molecule has 0 saturated heterocycles. The van der Waals surface area contributed by atoms with Gasteiger partial charge in [0.2, 0.25) is 0 Å². The first-order chi connectivity index (χ1) is 15.0. The van der Waals surface area contributed by atoms with Gasteiger partial charge in [-0.1, -0.05) is 6.07 Å². The second-order valence-electron chi connectivity index (χ2n) is 6.84. The summed E-state index contributed by atoms with van der Waals surface area (Å²) < 4.78 is 20.3. The van der Waals surface area contributed by atoms with Gasteiger partial charge < -0.3 is 39.4 Å². The standard InChI is InChI=1S/C21H36N4O6/c1-17-6-7-18(22-20(26)24(8-12-28-2)9-13-29-3)16-19(17)23-21(27)25(10-14-30-4)11-15-31-5/h6-7,16H,8-15H2,1-5H3,(H,22,26)(H,23,27). The summed E-state index contributed by atoms with van der Waals surface area (Å²) in [7, 11) is 6.35. The van der Waals surface area contributed by atoms with Crippen molar-refractivity contribution in [2.75, 3.05) is 91.7 Å². The normalized spacial score (nSPS) is 10.6. The molecule has 0 spiro atoms. The molecule has 176 valence electrons. The molecule has 10 heteroatoms. The number of ether oxygens (including phenoxy) is 4. The van der Waals surface area contributed by atoms with Crippen molar-refractivity contribution in [2.45, 2.75) is 6.92 Å². The number of aryl methyl sites for hydroxylation is 1. The van der Waals surface area contributed by atoms with Gasteiger partial charge in [0, 0.05) is 66.0 Å². The first-order valence-electron chi connectivity index (χ1n) is 10.1. The zero-order valence-electron chi connectivity index (χ0n) is 19.2. The lowest BCUT2D eigenvalue weighted by molar-refractivity contribution is 0.127. The lowest BCUT2D eigenvalue weighted by Crippen LogP contribution is -2.40. The van der Waals surface area contributed by atoms with Crippen molar-refractivity contribution in [1.82, 2.24) is 9.80 Å². The van der Waals surface area contributed by atoms with E-state index in [1.807, 2.05) is 13.0 Å². The van der Waals surface area contributed by atoms with E-state index in [-0.39, 0.29) is 12.1 Å². The van der Waals surface area contributed by atoms with Gasteiger partial charge in [0.25, 0.3) is 0 Å². The van der Waals surface area contributed by atoms with Crippen molar-refractivity contribution in [3.63, 3.8) is 0 Å². The van der Waals surface area contributed by atoms with E-state index in [1.54, 1.807) is 50.4 Å². The van der Waals surface area contributed by atoms with Crippen molar-refractivity contribution in [2.24, 2.45) is 0 Å². The summed E-state index contributed by atoms with van der Waals surface area (Å²) in [5, 5.41) is 5.78. The highest BCUT2D eigenvalue weighted by Gasteiger charge is 2.16. The smallest absolute Gasteiger partial charge is 0.322 e. The van der Waals surface area contributed by atoms with Crippen LogP contribution in [-0.2, 0) is 18.9 Å². The topological polar surface area (TPSA) is 102 Å². The molecule has 0 aromatic heterocycles. The second kappa shape index (κ2) is 15.4. The predicted octanol–water partition coefficient (Wildman–Crippen LogP) is 2.25. The Hall–Kier alpha value is -2.40. The van der Waals surface area contributed by atoms with E-state index in [1.165, 1.54) is 0 Å². The van der Waals surface area contributed by atoms with E-state index in [9.17, 15) is 9.59 Å². The van der Waals surface area contributed by atoms with E-state index in [0.29, 0.717) is 64.0 Å². The Kier molecular flexibility index (Phi) is 13.2. The van der Waals surface area contributed by atoms with Gasteiger partial charge >= 0.3 is 12.1 Å². The van der Waals surface area contributed by atoms with Gasteiger partial charge in [0.05, 0.1) is 26.4 Å². The third kappa shape index (κ3) is 9.97. The van der Waals surface area contributed by atoms with Crippen molar-refractivity contribution >= 4 is 23.4 Å². The molecule has 0 aliphatic rings. The van der Waals surface area contributed by atoms with Crippen LogP contribution in [0.5, 0.6) is 0 Å². The van der Waals surface area contributed by atoms with Gasteiger partial charge in [-0.15, -0.1) is 0 Å². The monoisotopic (exact) mass is 440 g/mol. The lowest BCUT2D eigenvalue weighted by Gasteiger charge is -2.24. The van der Waals surface area contributed by atoms with Crippen LogP contribution < -0.4 is 10.6 Å². The largest absolute Gasteiger partial charge is 0.383 e. The molecule has 0 bridgehead atoms. The first-order valence-corrected chi connectivity index (χ1v) is 10.1. The fraction of sp³-hybridized carbons (Fsp3) is 0.619. The maximum atomic E-state index is 12.7. The van der Waals surface area contributed by atoms with Gasteiger partial charge in [0.1, 0.15) is 0 Å². The maximum absolute atomic E-state index is 12.7. The number of amides is 4. The summed E-state index contributed by atoms with van der Waals surface area (Å²) in [6.45, 7) is 5.33. The van der Waals surface area contributed by atoms with Gasteiger partial charge in [-0.2, -0.15) is 0 Å². The highest BCUT2D eigenvalue weighted by Crippen LogP contribution is 2.21. The molecule has 0 unspecified atom stereocenters. The molecular formula is C21H36N4O6. The Morgan fingerprint density at radius 2 is 1.16 bits per heavy atom. The number of hydrogen-bond donors (Lipinski definition) is 2. The lowest BCUT2D eigenvalue weighted by atomic mass is 10.2. The van der Waals surface area contributed by atoms with E-state index >= 15 is 0 Å². The van der Waals surface area contributed by atoms with Crippen molar-refractivity contribution in [3.05, 3.63) is 23.8 Å². The van der Waals surface area contributed by atoms with Crippen LogP contribution in [0.4, 0.5) is 21.0 Å². The average molecular weight is 441 g/mol. The highest BCUT2D eigenvalue weighted by atomic mass is 16.5. The van der Waals surface area contributed by atoms with Crippen LogP contribution in [-0.4, -0.2) is 103 Å². The van der Waals surface area contributed by atoms with Gasteiger partial charge in [-0.05, 0) is 24.6 Å². The van der Waals surface area contributed by atoms with Gasteiger partial charge in [-0.25, -0.2) is 9.59 Å². The average Bonchev–Trinajstić information content (AvgIpc) is 2.76. The summed E-state index contributed by atoms with van der Waals surface area (Å²) in [5.41, 5.74) is 2.06. The number of hydrogen-bond acceptors (Lipinski definition) is 6. The molecule has 1 aromatic carbocycles. The van der Waals surface area contributed by atoms with Crippen LogP contribution >= 0.6 is 0 Å². The number of methoxy groups -OCH3 is 4. The zero-order chi connectivity index (χ0) is 23.1. The SMILES string of the molecule is COCCN(CCOC)C(=O)Nc1ccc(C)c(NC(=O)N(CCOC)CCOC)c1. The van der Waals surface area contributed by atoms with E-state index in [4.69, 9.17) is 18.9 Å². The van der Waals surface area contributed by atoms with Crippen molar-refractivity contribution < 1.29 is 28.5 Å². The molecule has 0 heterocycles. The number of nitrogens with zero attached hydrogens (tertiary/aromatic N) is 2. The third-order valence-corrected chi connectivity index (χ3v) is 4.57. The minimum Gasteiger partial charge on any atom is -0.383 e. The minimum absolute atomic E-state index is 0.262. The number of urea groups is 2. The van der Waals surface area contributed by atoms with E-state index < -0.39 is 0 Å². The molecule has 31 heavy (non-hydrogen) atoms. The molecule has 1 rings (SSSR count). The second-order valence-corrected chi connectivity index (χ2v) is 6.84. The molecule has 0 aliphatic heterocycles. The zero-order valence-corrected chi connectivity index (χ0v) is 19.2. The molecular weight excluding hydrogens is 404 g/mol. The summed E-state index contributed by atoms with van der Waals surface area (Å²) >= 11 is 0. The van der Waals surface area contributed by atoms with Crippen LogP contribution in [0.15, 0.2) is 18.2 Å². The number of carbonyl (C=O) groups is 2. The van der Waals surface area contributed by atoms with Crippen LogP contribution in [0.2, 0.25) is 0 Å². The molecule has 0 aliphatic carbocycles. The summed E-state index contributed by atoms with van der Waals surface area (Å²) in [4.78, 5) is 28.6. The fourth-order valence-corrected chi connectivity index (χ4v) is 2.67. The number of benzene rings is 1. The Labute approximate surface area is 184 Å². The van der Waals surface area contributed by atoms with Gasteiger partial charge in [-0.3, -0.25) is 0 Å². The Morgan fingerprint density at radius 1 is 0.742 bits per heavy atom. The molecule has 1 aromatic rings. The van der Waals surface area contributed by atoms with Crippen LogP contribution in [0, 0.1) is 6.92 Å².